The smallest absolute Gasteiger partial charge is 0.383 e. The molecule has 2 aliphatic rings. The van der Waals surface area contributed by atoms with Gasteiger partial charge in [0.15, 0.2) is 0 Å². The van der Waals surface area contributed by atoms with Crippen LogP contribution in [0.1, 0.15) is 17.2 Å². The number of carbonyl (C=O) groups excluding carboxylic acids is 1. The molecular formula is C13H14F3N3O. The Labute approximate surface area is 114 Å². The fourth-order valence-corrected chi connectivity index (χ4v) is 3.00. The zero-order valence-electron chi connectivity index (χ0n) is 11.0. The third-order valence-corrected chi connectivity index (χ3v) is 4.08. The van der Waals surface area contributed by atoms with E-state index in [2.05, 4.69) is 5.32 Å². The van der Waals surface area contributed by atoms with Crippen molar-refractivity contribution in [1.82, 2.24) is 9.80 Å². The van der Waals surface area contributed by atoms with Gasteiger partial charge in [0, 0.05) is 26.3 Å². The van der Waals surface area contributed by atoms with Crippen LogP contribution in [0.5, 0.6) is 0 Å². The summed E-state index contributed by atoms with van der Waals surface area (Å²) in [4.78, 5) is 15.2. The molecule has 0 spiro atoms. The maximum Gasteiger partial charge on any atom is 0.416 e. The maximum atomic E-state index is 12.7. The number of urea groups is 1. The van der Waals surface area contributed by atoms with E-state index in [1.54, 1.807) is 23.9 Å². The molecule has 2 amide bonds. The number of likely N-dealkylation sites (N-methyl/N-ethyl adjacent to an activating group) is 2. The number of rotatable bonds is 0. The number of alkyl halides is 3. The van der Waals surface area contributed by atoms with Crippen LogP contribution in [0.2, 0.25) is 0 Å². The first-order chi connectivity index (χ1) is 9.30. The highest BCUT2D eigenvalue weighted by molar-refractivity contribution is 5.79. The number of benzene rings is 1. The van der Waals surface area contributed by atoms with Crippen LogP contribution < -0.4 is 5.32 Å². The lowest BCUT2D eigenvalue weighted by Crippen LogP contribution is -2.39. The van der Waals surface area contributed by atoms with Gasteiger partial charge < -0.3 is 15.1 Å². The molecule has 0 radical (unpaired) electrons. The highest BCUT2D eigenvalue weighted by Gasteiger charge is 2.46. The van der Waals surface area contributed by atoms with Crippen molar-refractivity contribution in [2.45, 2.75) is 18.3 Å². The molecular weight excluding hydrogens is 271 g/mol. The number of amides is 2. The Morgan fingerprint density at radius 2 is 1.95 bits per heavy atom. The number of hydrogen-bond donors (Lipinski definition) is 1. The molecule has 2 aliphatic heterocycles. The normalized spacial score (nSPS) is 25.4. The summed E-state index contributed by atoms with van der Waals surface area (Å²) in [5.41, 5.74) is 0.507. The summed E-state index contributed by atoms with van der Waals surface area (Å²) in [5, 5.41) is 3.00. The Morgan fingerprint density at radius 3 is 2.60 bits per heavy atom. The SMILES string of the molecule is CN1C(=O)N(C)C2c3ccc(C(F)(F)F)cc3NCC21. The first-order valence-corrected chi connectivity index (χ1v) is 6.25. The van der Waals surface area contributed by atoms with Gasteiger partial charge in [0.1, 0.15) is 0 Å². The molecule has 20 heavy (non-hydrogen) atoms. The molecule has 2 atom stereocenters. The molecule has 0 bridgehead atoms. The molecule has 3 rings (SSSR count). The Hall–Kier alpha value is -1.92. The number of carbonyl (C=O) groups is 1. The zero-order valence-corrected chi connectivity index (χ0v) is 11.0. The predicted molar refractivity (Wildman–Crippen MR) is 67.4 cm³/mol. The van der Waals surface area contributed by atoms with E-state index in [1.165, 1.54) is 6.07 Å². The molecule has 0 saturated carbocycles. The Kier molecular flexibility index (Phi) is 2.64. The molecule has 1 fully saturated rings. The number of hydrogen-bond acceptors (Lipinski definition) is 2. The van der Waals surface area contributed by atoms with Crippen LogP contribution in [0.4, 0.5) is 23.7 Å². The molecule has 4 nitrogen and oxygen atoms in total. The number of fused-ring (bicyclic) bond motifs is 3. The van der Waals surface area contributed by atoms with Gasteiger partial charge in [-0.3, -0.25) is 0 Å². The topological polar surface area (TPSA) is 35.6 Å². The van der Waals surface area contributed by atoms with Crippen molar-refractivity contribution in [1.29, 1.82) is 0 Å². The van der Waals surface area contributed by atoms with E-state index < -0.39 is 11.7 Å². The maximum absolute atomic E-state index is 12.7. The summed E-state index contributed by atoms with van der Waals surface area (Å²) in [6, 6.07) is 3.27. The third-order valence-electron chi connectivity index (χ3n) is 4.08. The second-order valence-electron chi connectivity index (χ2n) is 5.20. The van der Waals surface area contributed by atoms with Crippen molar-refractivity contribution < 1.29 is 18.0 Å². The fraction of sp³-hybridized carbons (Fsp3) is 0.462. The summed E-state index contributed by atoms with van der Waals surface area (Å²) in [7, 11) is 3.39. The molecule has 0 aromatic heterocycles. The van der Waals surface area contributed by atoms with Crippen LogP contribution in [0.25, 0.3) is 0 Å². The number of anilines is 1. The Balaban J connectivity index is 2.04. The molecule has 1 aromatic rings. The van der Waals surface area contributed by atoms with Gasteiger partial charge in [0.25, 0.3) is 0 Å². The standard InChI is InChI=1S/C13H14F3N3O/c1-18-10-6-17-9-5-7(13(14,15)16)3-4-8(9)11(10)19(2)12(18)20/h3-5,10-11,17H,6H2,1-2H3. The highest BCUT2D eigenvalue weighted by atomic mass is 19.4. The summed E-state index contributed by atoms with van der Waals surface area (Å²) in [5.74, 6) is 0. The van der Waals surface area contributed by atoms with Gasteiger partial charge in [-0.05, 0) is 17.7 Å². The van der Waals surface area contributed by atoms with Crippen LogP contribution >= 0.6 is 0 Å². The van der Waals surface area contributed by atoms with E-state index in [4.69, 9.17) is 0 Å². The fourth-order valence-electron chi connectivity index (χ4n) is 3.00. The molecule has 2 unspecified atom stereocenters. The van der Waals surface area contributed by atoms with Crippen LogP contribution in [-0.4, -0.2) is 42.5 Å². The largest absolute Gasteiger partial charge is 0.416 e. The molecule has 1 saturated heterocycles. The minimum absolute atomic E-state index is 0.0586. The lowest BCUT2D eigenvalue weighted by molar-refractivity contribution is -0.137. The van der Waals surface area contributed by atoms with Crippen LogP contribution in [0, 0.1) is 0 Å². The molecule has 0 aliphatic carbocycles. The van der Waals surface area contributed by atoms with Gasteiger partial charge in [-0.2, -0.15) is 13.2 Å². The Morgan fingerprint density at radius 1 is 1.25 bits per heavy atom. The lowest BCUT2D eigenvalue weighted by Gasteiger charge is -2.33. The lowest BCUT2D eigenvalue weighted by atomic mass is 9.92. The van der Waals surface area contributed by atoms with E-state index in [9.17, 15) is 18.0 Å². The first-order valence-electron chi connectivity index (χ1n) is 6.25. The monoisotopic (exact) mass is 285 g/mol. The minimum Gasteiger partial charge on any atom is -0.383 e. The van der Waals surface area contributed by atoms with Gasteiger partial charge in [-0.1, -0.05) is 6.07 Å². The summed E-state index contributed by atoms with van der Waals surface area (Å²) >= 11 is 0. The van der Waals surface area contributed by atoms with E-state index >= 15 is 0 Å². The average molecular weight is 285 g/mol. The molecule has 108 valence electrons. The summed E-state index contributed by atoms with van der Waals surface area (Å²) < 4.78 is 38.2. The van der Waals surface area contributed by atoms with Crippen LogP contribution in [0.3, 0.4) is 0 Å². The van der Waals surface area contributed by atoms with Gasteiger partial charge in [0.2, 0.25) is 0 Å². The van der Waals surface area contributed by atoms with E-state index in [1.807, 2.05) is 0 Å². The molecule has 2 heterocycles. The first kappa shape index (κ1) is 13.1. The zero-order chi connectivity index (χ0) is 14.7. The van der Waals surface area contributed by atoms with Gasteiger partial charge in [-0.15, -0.1) is 0 Å². The van der Waals surface area contributed by atoms with Gasteiger partial charge >= 0.3 is 12.2 Å². The van der Waals surface area contributed by atoms with Crippen molar-refractivity contribution in [3.63, 3.8) is 0 Å². The van der Waals surface area contributed by atoms with Crippen molar-refractivity contribution in [3.8, 4) is 0 Å². The van der Waals surface area contributed by atoms with Gasteiger partial charge in [0.05, 0.1) is 17.6 Å². The van der Waals surface area contributed by atoms with Crippen molar-refractivity contribution in [3.05, 3.63) is 29.3 Å². The quantitative estimate of drug-likeness (QED) is 0.795. The molecule has 1 N–H and O–H groups in total. The van der Waals surface area contributed by atoms with Crippen LogP contribution in [-0.2, 0) is 6.18 Å². The minimum atomic E-state index is -4.36. The number of halogens is 3. The Bertz CT molecular complexity index is 572. The predicted octanol–water partition coefficient (Wildman–Crippen LogP) is 2.54. The third kappa shape index (κ3) is 1.72. The van der Waals surface area contributed by atoms with Crippen LogP contribution in [0.15, 0.2) is 18.2 Å². The van der Waals surface area contributed by atoms with Crippen molar-refractivity contribution in [2.24, 2.45) is 0 Å². The van der Waals surface area contributed by atoms with E-state index in [-0.39, 0.29) is 18.1 Å². The number of nitrogens with one attached hydrogen (secondary N) is 1. The second kappa shape index (κ2) is 4.04. The molecule has 7 heteroatoms. The van der Waals surface area contributed by atoms with Crippen molar-refractivity contribution >= 4 is 11.7 Å². The van der Waals surface area contributed by atoms with E-state index in [0.717, 1.165) is 17.7 Å². The number of nitrogens with zero attached hydrogens (tertiary/aromatic N) is 2. The second-order valence-corrected chi connectivity index (χ2v) is 5.20. The highest BCUT2D eigenvalue weighted by Crippen LogP contribution is 2.42. The van der Waals surface area contributed by atoms with E-state index in [0.29, 0.717) is 12.2 Å². The van der Waals surface area contributed by atoms with Crippen molar-refractivity contribution in [2.75, 3.05) is 26.0 Å². The van der Waals surface area contributed by atoms with Gasteiger partial charge in [-0.25, -0.2) is 4.79 Å². The average Bonchev–Trinajstić information content (AvgIpc) is 2.62. The molecule has 1 aromatic carbocycles. The summed E-state index contributed by atoms with van der Waals surface area (Å²) in [6.45, 7) is 0.450. The summed E-state index contributed by atoms with van der Waals surface area (Å²) in [6.07, 6.45) is -4.36.